The van der Waals surface area contributed by atoms with E-state index in [2.05, 4.69) is 68.2 Å². The average molecular weight is 568 g/mol. The number of aromatic nitrogens is 1. The Labute approximate surface area is 248 Å². The van der Waals surface area contributed by atoms with Gasteiger partial charge < -0.3 is 24.5 Å². The first-order chi connectivity index (χ1) is 20.3. The lowest BCUT2D eigenvalue weighted by Gasteiger charge is -2.37. The van der Waals surface area contributed by atoms with Gasteiger partial charge in [-0.2, -0.15) is 0 Å². The van der Waals surface area contributed by atoms with E-state index in [4.69, 9.17) is 4.74 Å². The van der Waals surface area contributed by atoms with Crippen LogP contribution in [-0.4, -0.2) is 99.4 Å². The van der Waals surface area contributed by atoms with Crippen LogP contribution >= 0.6 is 0 Å². The Balaban J connectivity index is 1.21. The van der Waals surface area contributed by atoms with E-state index < -0.39 is 6.10 Å². The van der Waals surface area contributed by atoms with Gasteiger partial charge >= 0.3 is 0 Å². The van der Waals surface area contributed by atoms with Gasteiger partial charge in [0.05, 0.1) is 11.4 Å². The summed E-state index contributed by atoms with van der Waals surface area (Å²) in [6.45, 7) is 3.32. The number of rotatable bonds is 10. The van der Waals surface area contributed by atoms with E-state index in [1.54, 1.807) is 6.20 Å². The summed E-state index contributed by atoms with van der Waals surface area (Å²) in [5.41, 5.74) is 5.04. The highest BCUT2D eigenvalue weighted by atomic mass is 16.5. The summed E-state index contributed by atoms with van der Waals surface area (Å²) < 4.78 is 5.97. The van der Waals surface area contributed by atoms with Gasteiger partial charge in [-0.15, -0.1) is 0 Å². The van der Waals surface area contributed by atoms with Crippen LogP contribution in [0, 0.1) is 0 Å². The fraction of sp³-hybridized carbons (Fsp3) is 0.353. The Morgan fingerprint density at radius 1 is 0.833 bits per heavy atom. The summed E-state index contributed by atoms with van der Waals surface area (Å²) in [5.74, 6) is 0.454. The molecule has 42 heavy (non-hydrogen) atoms. The summed E-state index contributed by atoms with van der Waals surface area (Å²) in [6, 6.07) is 26.2. The van der Waals surface area contributed by atoms with E-state index in [1.165, 1.54) is 0 Å². The molecule has 0 spiro atoms. The van der Waals surface area contributed by atoms with Crippen LogP contribution in [0.4, 0.5) is 11.4 Å². The van der Waals surface area contributed by atoms with Gasteiger partial charge in [0.1, 0.15) is 18.5 Å². The molecule has 2 heterocycles. The summed E-state index contributed by atoms with van der Waals surface area (Å²) in [7, 11) is 8.06. The molecule has 1 aliphatic heterocycles. The minimum Gasteiger partial charge on any atom is -0.490 e. The molecule has 1 fully saturated rings. The number of benzene rings is 3. The van der Waals surface area contributed by atoms with E-state index in [-0.39, 0.29) is 18.4 Å². The second kappa shape index (κ2) is 13.2. The van der Waals surface area contributed by atoms with Crippen molar-refractivity contribution < 1.29 is 14.6 Å². The molecule has 0 saturated carbocycles. The molecule has 4 aromatic rings. The number of β-amino-alcohol motifs (C(OH)–C–C–N with tert-alkyl or cyclic N) is 1. The minimum absolute atomic E-state index is 0.110. The number of fused-ring (bicyclic) bond motifs is 1. The minimum atomic E-state index is -0.641. The number of pyridine rings is 1. The number of amides is 1. The van der Waals surface area contributed by atoms with Gasteiger partial charge in [-0.1, -0.05) is 30.3 Å². The van der Waals surface area contributed by atoms with Crippen LogP contribution in [0.15, 0.2) is 85.1 Å². The molecule has 0 radical (unpaired) electrons. The third-order valence-corrected chi connectivity index (χ3v) is 7.92. The lowest BCUT2D eigenvalue weighted by Crippen LogP contribution is -2.52. The first kappa shape index (κ1) is 29.4. The molecule has 1 aliphatic rings. The third-order valence-electron chi connectivity index (χ3n) is 7.92. The van der Waals surface area contributed by atoms with E-state index in [0.29, 0.717) is 32.7 Å². The lowest BCUT2D eigenvalue weighted by atomic mass is 9.89. The quantitative estimate of drug-likeness (QED) is 0.310. The molecule has 1 N–H and O–H groups in total. The summed E-state index contributed by atoms with van der Waals surface area (Å²) in [5, 5.41) is 11.7. The second-order valence-electron chi connectivity index (χ2n) is 11.3. The third kappa shape index (κ3) is 6.83. The number of nitrogens with zero attached hydrogens (tertiary/aromatic N) is 5. The van der Waals surface area contributed by atoms with Crippen molar-refractivity contribution in [2.24, 2.45) is 0 Å². The molecule has 3 aromatic carbocycles. The molecule has 1 amide bonds. The van der Waals surface area contributed by atoms with Crippen molar-refractivity contribution in [3.05, 3.63) is 96.2 Å². The van der Waals surface area contributed by atoms with Crippen LogP contribution in [0.25, 0.3) is 10.9 Å². The number of aliphatic hydroxyl groups is 1. The molecule has 1 unspecified atom stereocenters. The summed E-state index contributed by atoms with van der Waals surface area (Å²) >= 11 is 0. The molecule has 220 valence electrons. The van der Waals surface area contributed by atoms with E-state index in [1.807, 2.05) is 63.4 Å². The number of hydrogen-bond acceptors (Lipinski definition) is 7. The van der Waals surface area contributed by atoms with Crippen LogP contribution in [-0.2, 0) is 4.79 Å². The number of ether oxygens (including phenoxy) is 1. The maximum Gasteiger partial charge on any atom is 0.234 e. The van der Waals surface area contributed by atoms with Crippen molar-refractivity contribution in [3.8, 4) is 5.75 Å². The van der Waals surface area contributed by atoms with Gasteiger partial charge in [-0.25, -0.2) is 0 Å². The van der Waals surface area contributed by atoms with Gasteiger partial charge in [-0.3, -0.25) is 14.7 Å². The normalized spacial score (nSPS) is 14.7. The topological polar surface area (TPSA) is 72.4 Å². The number of aliphatic hydroxyl groups excluding tert-OH is 1. The highest BCUT2D eigenvalue weighted by molar-refractivity contribution is 5.88. The Bertz CT molecular complexity index is 1410. The fourth-order valence-corrected chi connectivity index (χ4v) is 5.48. The van der Waals surface area contributed by atoms with Crippen LogP contribution in [0.3, 0.4) is 0 Å². The van der Waals surface area contributed by atoms with Crippen molar-refractivity contribution in [1.29, 1.82) is 0 Å². The standard InChI is InChI=1S/C34H41N5O3/c1-36(2)27-14-10-25(11-15-27)33(26-12-16-28(17-13-26)37(3)4)34(41)39-21-19-38(20-22-39)23-29(40)24-42-32-9-5-8-31-30(32)7-6-18-35-31/h5-18,29,33,40H,19-24H2,1-4H3. The fourth-order valence-electron chi connectivity index (χ4n) is 5.48. The van der Waals surface area contributed by atoms with E-state index in [9.17, 15) is 9.90 Å². The number of hydrogen-bond donors (Lipinski definition) is 1. The van der Waals surface area contributed by atoms with Gasteiger partial charge in [0, 0.05) is 83.9 Å². The average Bonchev–Trinajstić information content (AvgIpc) is 3.01. The molecule has 0 aliphatic carbocycles. The maximum absolute atomic E-state index is 14.0. The highest BCUT2D eigenvalue weighted by Crippen LogP contribution is 2.30. The first-order valence-electron chi connectivity index (χ1n) is 14.5. The maximum atomic E-state index is 14.0. The molecule has 1 atom stereocenters. The monoisotopic (exact) mass is 567 g/mol. The Kier molecular flexibility index (Phi) is 9.25. The number of anilines is 2. The molecular weight excluding hydrogens is 526 g/mol. The molecule has 5 rings (SSSR count). The highest BCUT2D eigenvalue weighted by Gasteiger charge is 2.30. The predicted molar refractivity (Wildman–Crippen MR) is 170 cm³/mol. The second-order valence-corrected chi connectivity index (χ2v) is 11.3. The number of carbonyl (C=O) groups excluding carboxylic acids is 1. The van der Waals surface area contributed by atoms with Crippen molar-refractivity contribution in [3.63, 3.8) is 0 Å². The lowest BCUT2D eigenvalue weighted by molar-refractivity contribution is -0.133. The number of piperazine rings is 1. The molecule has 1 saturated heterocycles. The van der Waals surface area contributed by atoms with Crippen LogP contribution in [0.1, 0.15) is 17.0 Å². The molecule has 0 bridgehead atoms. The zero-order valence-electron chi connectivity index (χ0n) is 25.0. The Morgan fingerprint density at radius 3 is 2.00 bits per heavy atom. The van der Waals surface area contributed by atoms with Gasteiger partial charge in [0.15, 0.2) is 0 Å². The Morgan fingerprint density at radius 2 is 1.43 bits per heavy atom. The van der Waals surface area contributed by atoms with Gasteiger partial charge in [-0.05, 0) is 59.7 Å². The zero-order chi connectivity index (χ0) is 29.6. The summed E-state index contributed by atoms with van der Waals surface area (Å²) in [6.07, 6.45) is 1.12. The van der Waals surface area contributed by atoms with Crippen molar-refractivity contribution in [2.75, 3.05) is 77.3 Å². The van der Waals surface area contributed by atoms with Crippen LogP contribution < -0.4 is 14.5 Å². The van der Waals surface area contributed by atoms with Crippen molar-refractivity contribution >= 4 is 28.2 Å². The predicted octanol–water partition coefficient (Wildman–Crippen LogP) is 4.08. The Hall–Kier alpha value is -4.14. The van der Waals surface area contributed by atoms with Gasteiger partial charge in [0.25, 0.3) is 0 Å². The molecule has 8 nitrogen and oxygen atoms in total. The molecular formula is C34H41N5O3. The van der Waals surface area contributed by atoms with E-state index in [0.717, 1.165) is 39.2 Å². The van der Waals surface area contributed by atoms with Crippen LogP contribution in [0.5, 0.6) is 5.75 Å². The van der Waals surface area contributed by atoms with Crippen molar-refractivity contribution in [2.45, 2.75) is 12.0 Å². The smallest absolute Gasteiger partial charge is 0.234 e. The van der Waals surface area contributed by atoms with Crippen LogP contribution in [0.2, 0.25) is 0 Å². The first-order valence-corrected chi connectivity index (χ1v) is 14.5. The molecule has 8 heteroatoms. The summed E-state index contributed by atoms with van der Waals surface area (Å²) in [4.78, 5) is 26.7. The largest absolute Gasteiger partial charge is 0.490 e. The SMILES string of the molecule is CN(C)c1ccc(C(C(=O)N2CCN(CC(O)COc3cccc4ncccc34)CC2)c2ccc(N(C)C)cc2)cc1. The van der Waals surface area contributed by atoms with Gasteiger partial charge in [0.2, 0.25) is 5.91 Å². The van der Waals surface area contributed by atoms with Crippen molar-refractivity contribution in [1.82, 2.24) is 14.8 Å². The zero-order valence-corrected chi connectivity index (χ0v) is 25.0. The van der Waals surface area contributed by atoms with E-state index >= 15 is 0 Å². The number of carbonyl (C=O) groups is 1. The molecule has 1 aromatic heterocycles.